The Hall–Kier alpha value is -5.54. The molecule has 2 aliphatic rings. The number of amides is 2. The molecule has 2 atom stereocenters. The summed E-state index contributed by atoms with van der Waals surface area (Å²) in [4.78, 5) is 35.0. The van der Waals surface area contributed by atoms with Gasteiger partial charge in [0.2, 0.25) is 5.91 Å². The summed E-state index contributed by atoms with van der Waals surface area (Å²) in [5, 5.41) is 0. The molecule has 0 radical (unpaired) electrons. The number of nitrogens with zero attached hydrogens (tertiary/aromatic N) is 4. The number of ether oxygens (including phenoxy) is 1. The van der Waals surface area contributed by atoms with E-state index in [1.807, 2.05) is 12.1 Å². The molecule has 4 aromatic carbocycles. The molecule has 2 aliphatic heterocycles. The van der Waals surface area contributed by atoms with Gasteiger partial charge in [0.25, 0.3) is 0 Å². The number of carbonyl (C=O) groups is 2. The predicted molar refractivity (Wildman–Crippen MR) is 189 cm³/mol. The Kier molecular flexibility index (Phi) is 8.84. The number of pyridine rings is 1. The Morgan fingerprint density at radius 1 is 0.837 bits per heavy atom. The number of hydrogen-bond donors (Lipinski definition) is 1. The molecule has 49 heavy (non-hydrogen) atoms. The summed E-state index contributed by atoms with van der Waals surface area (Å²) in [5.41, 5.74) is 9.93. The lowest BCUT2D eigenvalue weighted by molar-refractivity contribution is -0.123. The van der Waals surface area contributed by atoms with Gasteiger partial charge in [0.15, 0.2) is 0 Å². The number of hydrogen-bond acceptors (Lipinski definition) is 6. The van der Waals surface area contributed by atoms with Crippen LogP contribution in [0, 0.1) is 11.7 Å². The van der Waals surface area contributed by atoms with Gasteiger partial charge in [0, 0.05) is 43.5 Å². The van der Waals surface area contributed by atoms with Crippen LogP contribution in [0.3, 0.4) is 0 Å². The summed E-state index contributed by atoms with van der Waals surface area (Å²) < 4.78 is 20.7. The van der Waals surface area contributed by atoms with Crippen LogP contribution in [0.25, 0.3) is 11.1 Å². The minimum absolute atomic E-state index is 0.119. The third kappa shape index (κ3) is 6.02. The Bertz CT molecular complexity index is 1820. The first kappa shape index (κ1) is 32.0. The van der Waals surface area contributed by atoms with Crippen LogP contribution in [-0.4, -0.2) is 60.7 Å². The van der Waals surface area contributed by atoms with E-state index < -0.39 is 35.4 Å². The number of carbonyl (C=O) groups excluding carboxylic acids is 2. The summed E-state index contributed by atoms with van der Waals surface area (Å²) >= 11 is 0. The number of aromatic nitrogens is 1. The number of anilines is 2. The summed E-state index contributed by atoms with van der Waals surface area (Å²) in [7, 11) is 0. The van der Waals surface area contributed by atoms with E-state index in [-0.39, 0.29) is 6.54 Å². The second-order valence-electron chi connectivity index (χ2n) is 12.6. The number of nitrogens with two attached hydrogens (primary N) is 1. The van der Waals surface area contributed by atoms with Crippen LogP contribution < -0.4 is 15.5 Å². The molecule has 248 valence electrons. The third-order valence-electron chi connectivity index (χ3n) is 9.82. The lowest BCUT2D eigenvalue weighted by Gasteiger charge is -2.49. The zero-order chi connectivity index (χ0) is 34.0. The van der Waals surface area contributed by atoms with Crippen molar-refractivity contribution in [2.24, 2.45) is 11.7 Å². The molecule has 8 nitrogen and oxygen atoms in total. The fraction of sp³-hybridized carbons (Fsp3) is 0.225. The highest BCUT2D eigenvalue weighted by Crippen LogP contribution is 2.43. The number of primary amides is 1. The van der Waals surface area contributed by atoms with Gasteiger partial charge in [-0.3, -0.25) is 14.6 Å². The summed E-state index contributed by atoms with van der Waals surface area (Å²) in [6.45, 7) is 4.87. The Morgan fingerprint density at radius 3 is 1.90 bits per heavy atom. The molecule has 5 aromatic rings. The van der Waals surface area contributed by atoms with E-state index in [0.29, 0.717) is 16.8 Å². The van der Waals surface area contributed by atoms with E-state index in [2.05, 4.69) is 101 Å². The first-order chi connectivity index (χ1) is 23.9. The molecule has 2 unspecified atom stereocenters. The van der Waals surface area contributed by atoms with E-state index >= 15 is 4.39 Å². The zero-order valence-corrected chi connectivity index (χ0v) is 27.3. The first-order valence-corrected chi connectivity index (χ1v) is 16.6. The van der Waals surface area contributed by atoms with Gasteiger partial charge < -0.3 is 15.4 Å². The third-order valence-corrected chi connectivity index (χ3v) is 9.82. The average Bonchev–Trinajstić information content (AvgIpc) is 3.54. The van der Waals surface area contributed by atoms with Crippen molar-refractivity contribution in [1.29, 1.82) is 0 Å². The number of halogens is 1. The topological polar surface area (TPSA) is 92.0 Å². The van der Waals surface area contributed by atoms with E-state index in [0.717, 1.165) is 32.0 Å². The van der Waals surface area contributed by atoms with Crippen LogP contribution in [0.1, 0.15) is 23.6 Å². The molecule has 0 bridgehead atoms. The van der Waals surface area contributed by atoms with Crippen molar-refractivity contribution in [3.8, 4) is 11.1 Å². The van der Waals surface area contributed by atoms with Crippen LogP contribution in [0.4, 0.5) is 20.7 Å². The second-order valence-corrected chi connectivity index (χ2v) is 12.6. The normalized spacial score (nSPS) is 17.5. The summed E-state index contributed by atoms with van der Waals surface area (Å²) in [6.07, 6.45) is 0.374. The van der Waals surface area contributed by atoms with Crippen molar-refractivity contribution in [2.75, 3.05) is 42.5 Å². The number of piperazine rings is 1. The van der Waals surface area contributed by atoms with Gasteiger partial charge in [-0.2, -0.15) is 0 Å². The second kappa shape index (κ2) is 13.5. The van der Waals surface area contributed by atoms with Gasteiger partial charge in [0.1, 0.15) is 17.7 Å². The van der Waals surface area contributed by atoms with Crippen molar-refractivity contribution in [3.05, 3.63) is 150 Å². The van der Waals surface area contributed by atoms with Crippen molar-refractivity contribution in [3.63, 3.8) is 0 Å². The smallest absolute Gasteiger partial charge is 0.414 e. The van der Waals surface area contributed by atoms with Gasteiger partial charge in [0.05, 0.1) is 23.7 Å². The highest BCUT2D eigenvalue weighted by Gasteiger charge is 2.43. The lowest BCUT2D eigenvalue weighted by atomic mass is 9.75. The summed E-state index contributed by atoms with van der Waals surface area (Å²) in [6, 6.07) is 40.6. The molecule has 1 aromatic heterocycles. The molecule has 2 N–H and O–H groups in total. The average molecular weight is 656 g/mol. The quantitative estimate of drug-likeness (QED) is 0.184. The Labute approximate surface area is 285 Å². The fourth-order valence-electron chi connectivity index (χ4n) is 7.13. The van der Waals surface area contributed by atoms with Crippen molar-refractivity contribution in [1.82, 2.24) is 9.88 Å². The minimum Gasteiger partial charge on any atom is -0.443 e. The standard InChI is InChI=1S/C40H38FN5O3/c1-28(38(42)47)36-27-46(39(48)49-36)33-18-19-34(35(41)25-33)29-17-20-37(43-26-29)44-21-23-45(24-22-44)40(30-11-5-2-6-12-30,31-13-7-3-8-14-31)32-15-9-4-10-16-32/h2-20,25-26,28,36H,21-24,27H2,1H3,(H2,42,47). The molecule has 9 heteroatoms. The highest BCUT2D eigenvalue weighted by atomic mass is 19.1. The van der Waals surface area contributed by atoms with Crippen molar-refractivity contribution >= 4 is 23.5 Å². The molecular weight excluding hydrogens is 617 g/mol. The molecule has 0 aliphatic carbocycles. The molecule has 3 heterocycles. The molecule has 0 saturated carbocycles. The van der Waals surface area contributed by atoms with Crippen LogP contribution in [0.5, 0.6) is 0 Å². The van der Waals surface area contributed by atoms with Crippen molar-refractivity contribution in [2.45, 2.75) is 18.6 Å². The predicted octanol–water partition coefficient (Wildman–Crippen LogP) is 6.45. The van der Waals surface area contributed by atoms with E-state index in [1.165, 1.54) is 27.7 Å². The van der Waals surface area contributed by atoms with Gasteiger partial charge in [-0.1, -0.05) is 91.0 Å². The highest BCUT2D eigenvalue weighted by molar-refractivity contribution is 5.91. The maximum Gasteiger partial charge on any atom is 0.414 e. The SMILES string of the molecule is CC(C(N)=O)C1CN(c2ccc(-c3ccc(N4CCN(C(c5ccccc5)(c5ccccc5)c5ccccc5)CC4)nc3)c(F)c2)C(=O)O1. The van der Waals surface area contributed by atoms with Crippen LogP contribution in [0.15, 0.2) is 128 Å². The zero-order valence-electron chi connectivity index (χ0n) is 27.3. The Morgan fingerprint density at radius 2 is 1.41 bits per heavy atom. The fourth-order valence-corrected chi connectivity index (χ4v) is 7.13. The number of benzene rings is 4. The van der Waals surface area contributed by atoms with Gasteiger partial charge in [-0.05, 0) is 53.9 Å². The lowest BCUT2D eigenvalue weighted by Crippen LogP contribution is -2.56. The Balaban J connectivity index is 1.09. The molecule has 7 rings (SSSR count). The van der Waals surface area contributed by atoms with Crippen molar-refractivity contribution < 1.29 is 18.7 Å². The summed E-state index contributed by atoms with van der Waals surface area (Å²) in [5.74, 6) is -0.859. The van der Waals surface area contributed by atoms with Crippen LogP contribution in [0.2, 0.25) is 0 Å². The molecular formula is C40H38FN5O3. The van der Waals surface area contributed by atoms with E-state index in [4.69, 9.17) is 15.5 Å². The largest absolute Gasteiger partial charge is 0.443 e. The van der Waals surface area contributed by atoms with Crippen LogP contribution in [-0.2, 0) is 15.1 Å². The number of rotatable bonds is 9. The molecule has 2 amide bonds. The molecule has 0 spiro atoms. The van der Waals surface area contributed by atoms with Gasteiger partial charge >= 0.3 is 6.09 Å². The van der Waals surface area contributed by atoms with Crippen LogP contribution >= 0.6 is 0 Å². The molecule has 2 fully saturated rings. The maximum absolute atomic E-state index is 15.4. The van der Waals surface area contributed by atoms with Gasteiger partial charge in [-0.15, -0.1) is 0 Å². The first-order valence-electron chi connectivity index (χ1n) is 16.6. The van der Waals surface area contributed by atoms with Gasteiger partial charge in [-0.25, -0.2) is 14.2 Å². The minimum atomic E-state index is -0.683. The monoisotopic (exact) mass is 655 g/mol. The number of cyclic esters (lactones) is 1. The van der Waals surface area contributed by atoms with E-state index in [1.54, 1.807) is 25.3 Å². The maximum atomic E-state index is 15.4. The molecule has 2 saturated heterocycles. The van der Waals surface area contributed by atoms with E-state index in [9.17, 15) is 9.59 Å².